The molecule has 5 nitrogen and oxygen atoms in total. The Morgan fingerprint density at radius 3 is 2.20 bits per heavy atom. The molecule has 0 radical (unpaired) electrons. The van der Waals surface area contributed by atoms with E-state index in [1.54, 1.807) is 0 Å². The fraction of sp³-hybridized carbons (Fsp3) is 0.350. The summed E-state index contributed by atoms with van der Waals surface area (Å²) in [6.45, 7) is 13.6. The molecule has 1 aromatic heterocycles. The van der Waals surface area contributed by atoms with Crippen LogP contribution in [0.1, 0.15) is 61.4 Å². The Kier molecular flexibility index (Phi) is 12.5. The molecule has 2 atom stereocenters. The maximum atomic E-state index is 11.9. The maximum absolute atomic E-state index is 11.9. The van der Waals surface area contributed by atoms with Crippen molar-refractivity contribution in [1.29, 1.82) is 0 Å². The standard InChI is InChI=1S/C28H24N2O.C7H13N.C5H11N/c1-4-7-22-15-25(14-20(22)6-3)29-28-17-24(18-31)26-16-23(12-13-27(26)30-28)21-10-8-19(5-2)9-11-21;1-3-7-5-4-6-8(7)2;1-6-4-2-3-5-6/h2,4,6-13,16-18,25H,3,14-15H2,1H3,(H,29,30);3,7H,1,4-6H2,2H3;2-5H2,1H3/b7-4-;;. The molecule has 0 spiro atoms. The molecular formula is C40H48N4O. The van der Waals surface area contributed by atoms with Crippen LogP contribution >= 0.6 is 0 Å². The number of allylic oxidation sites excluding steroid dienone is 3. The normalized spacial score (nSPS) is 19.9. The number of hydrogen-bond donors (Lipinski definition) is 1. The minimum atomic E-state index is 0.234. The molecule has 3 aliphatic rings. The van der Waals surface area contributed by atoms with Crippen LogP contribution in [0.3, 0.4) is 0 Å². The molecule has 2 fully saturated rings. The molecule has 0 saturated carbocycles. The van der Waals surface area contributed by atoms with Gasteiger partial charge in [-0.2, -0.15) is 0 Å². The quantitative estimate of drug-likeness (QED) is 0.168. The molecule has 6 rings (SSSR count). The Morgan fingerprint density at radius 1 is 0.956 bits per heavy atom. The summed E-state index contributed by atoms with van der Waals surface area (Å²) in [6.07, 6.45) is 21.8. The number of rotatable bonds is 7. The number of nitrogens with zero attached hydrogens (tertiary/aromatic N) is 3. The van der Waals surface area contributed by atoms with Crippen molar-refractivity contribution >= 4 is 23.0 Å². The SMILES string of the molecule is C#Cc1ccc(-c2ccc3nc(NC4CC(C=C)=C(/C=C\C)C4)cc(C=O)c3c2)cc1.C=CC1CCCN1C.CN1CCCC1. The summed E-state index contributed by atoms with van der Waals surface area (Å²) in [5, 5.41) is 4.35. The van der Waals surface area contributed by atoms with Gasteiger partial charge in [0.15, 0.2) is 6.29 Å². The van der Waals surface area contributed by atoms with Gasteiger partial charge in [0.1, 0.15) is 5.82 Å². The smallest absolute Gasteiger partial charge is 0.150 e. The molecule has 2 aliphatic heterocycles. The molecule has 1 N–H and O–H groups in total. The third-order valence-corrected chi connectivity index (χ3v) is 8.84. The molecule has 0 amide bonds. The summed E-state index contributed by atoms with van der Waals surface area (Å²) in [6, 6.07) is 16.6. The lowest BCUT2D eigenvalue weighted by atomic mass is 10.00. The molecular weight excluding hydrogens is 552 g/mol. The van der Waals surface area contributed by atoms with Crippen molar-refractivity contribution in [2.75, 3.05) is 39.0 Å². The van der Waals surface area contributed by atoms with Crippen LogP contribution in [0.15, 0.2) is 97.1 Å². The van der Waals surface area contributed by atoms with Crippen LogP contribution in [0.2, 0.25) is 0 Å². The van der Waals surface area contributed by atoms with E-state index < -0.39 is 0 Å². The van der Waals surface area contributed by atoms with E-state index in [0.29, 0.717) is 11.6 Å². The van der Waals surface area contributed by atoms with E-state index in [1.807, 2.05) is 67.6 Å². The Hall–Kier alpha value is -4.24. The molecule has 0 bridgehead atoms. The van der Waals surface area contributed by atoms with E-state index in [0.717, 1.165) is 52.5 Å². The summed E-state index contributed by atoms with van der Waals surface area (Å²) in [5.74, 6) is 3.35. The topological polar surface area (TPSA) is 48.5 Å². The Bertz CT molecular complexity index is 1570. The molecule has 234 valence electrons. The average Bonchev–Trinajstić information content (AvgIpc) is 3.82. The number of nitrogens with one attached hydrogen (secondary N) is 1. The number of hydrogen-bond acceptors (Lipinski definition) is 5. The summed E-state index contributed by atoms with van der Waals surface area (Å²) in [7, 11) is 4.33. The van der Waals surface area contributed by atoms with Gasteiger partial charge in [0.05, 0.1) is 5.52 Å². The molecule has 3 aromatic rings. The number of anilines is 1. The third kappa shape index (κ3) is 9.14. The van der Waals surface area contributed by atoms with Gasteiger partial charge in [-0.3, -0.25) is 9.69 Å². The summed E-state index contributed by atoms with van der Waals surface area (Å²) in [4.78, 5) is 21.3. The van der Waals surface area contributed by atoms with Crippen LogP contribution in [0.4, 0.5) is 5.82 Å². The van der Waals surface area contributed by atoms with Crippen molar-refractivity contribution in [3.8, 4) is 23.5 Å². The zero-order chi connectivity index (χ0) is 32.2. The van der Waals surface area contributed by atoms with Crippen molar-refractivity contribution < 1.29 is 4.79 Å². The monoisotopic (exact) mass is 600 g/mol. The highest BCUT2D eigenvalue weighted by Crippen LogP contribution is 2.32. The van der Waals surface area contributed by atoms with Gasteiger partial charge in [0.2, 0.25) is 0 Å². The van der Waals surface area contributed by atoms with E-state index in [9.17, 15) is 4.79 Å². The predicted octanol–water partition coefficient (Wildman–Crippen LogP) is 8.31. The number of fused-ring (bicyclic) bond motifs is 1. The zero-order valence-electron chi connectivity index (χ0n) is 27.3. The van der Waals surface area contributed by atoms with E-state index >= 15 is 0 Å². The number of carbonyl (C=O) groups is 1. The molecule has 5 heteroatoms. The number of terminal acetylenes is 1. The first-order valence-electron chi connectivity index (χ1n) is 16.1. The number of likely N-dealkylation sites (tertiary alicyclic amines) is 2. The van der Waals surface area contributed by atoms with Crippen molar-refractivity contribution in [3.05, 3.63) is 108 Å². The number of likely N-dealkylation sites (N-methyl/N-ethyl adjacent to an activating group) is 1. The molecule has 3 heterocycles. The van der Waals surface area contributed by atoms with Crippen LogP contribution in [-0.4, -0.2) is 66.9 Å². The van der Waals surface area contributed by atoms with Crippen LogP contribution < -0.4 is 5.32 Å². The lowest BCUT2D eigenvalue weighted by Crippen LogP contribution is -2.21. The van der Waals surface area contributed by atoms with Gasteiger partial charge in [-0.15, -0.1) is 13.0 Å². The van der Waals surface area contributed by atoms with Crippen LogP contribution in [0, 0.1) is 12.3 Å². The van der Waals surface area contributed by atoms with E-state index in [2.05, 4.69) is 60.4 Å². The van der Waals surface area contributed by atoms with Crippen molar-refractivity contribution in [1.82, 2.24) is 14.8 Å². The van der Waals surface area contributed by atoms with E-state index in [-0.39, 0.29) is 6.04 Å². The fourth-order valence-electron chi connectivity index (χ4n) is 6.24. The lowest BCUT2D eigenvalue weighted by Gasteiger charge is -2.15. The minimum Gasteiger partial charge on any atom is -0.367 e. The first-order valence-corrected chi connectivity index (χ1v) is 16.1. The van der Waals surface area contributed by atoms with E-state index in [1.165, 1.54) is 56.5 Å². The molecule has 1 aliphatic carbocycles. The number of aromatic nitrogens is 1. The summed E-state index contributed by atoms with van der Waals surface area (Å²) >= 11 is 0. The van der Waals surface area contributed by atoms with Gasteiger partial charge in [-0.1, -0.05) is 55.0 Å². The fourth-order valence-corrected chi connectivity index (χ4v) is 6.24. The average molecular weight is 601 g/mol. The highest BCUT2D eigenvalue weighted by Gasteiger charge is 2.22. The Labute approximate surface area is 270 Å². The largest absolute Gasteiger partial charge is 0.367 e. The zero-order valence-corrected chi connectivity index (χ0v) is 27.3. The minimum absolute atomic E-state index is 0.234. The predicted molar refractivity (Wildman–Crippen MR) is 192 cm³/mol. The van der Waals surface area contributed by atoms with E-state index in [4.69, 9.17) is 11.4 Å². The molecule has 45 heavy (non-hydrogen) atoms. The summed E-state index contributed by atoms with van der Waals surface area (Å²) < 4.78 is 0. The first kappa shape index (κ1) is 33.6. The highest BCUT2D eigenvalue weighted by molar-refractivity contribution is 5.99. The molecule has 2 unspecified atom stereocenters. The van der Waals surface area contributed by atoms with Crippen molar-refractivity contribution in [2.45, 2.75) is 57.5 Å². The van der Waals surface area contributed by atoms with Gasteiger partial charge in [0, 0.05) is 28.6 Å². The third-order valence-electron chi connectivity index (χ3n) is 8.84. The Balaban J connectivity index is 0.000000269. The van der Waals surface area contributed by atoms with Gasteiger partial charge >= 0.3 is 0 Å². The highest BCUT2D eigenvalue weighted by atomic mass is 16.1. The van der Waals surface area contributed by atoms with Crippen LogP contribution in [0.25, 0.3) is 22.0 Å². The summed E-state index contributed by atoms with van der Waals surface area (Å²) in [5.41, 5.74) is 6.88. The first-order chi connectivity index (χ1) is 21.9. The van der Waals surface area contributed by atoms with Gasteiger partial charge < -0.3 is 10.2 Å². The molecule has 2 saturated heterocycles. The number of aldehydes is 1. The van der Waals surface area contributed by atoms with Crippen LogP contribution in [-0.2, 0) is 0 Å². The van der Waals surface area contributed by atoms with Gasteiger partial charge in [-0.05, 0) is 132 Å². The second-order valence-electron chi connectivity index (χ2n) is 12.1. The number of benzene rings is 2. The number of carbonyl (C=O) groups excluding carboxylic acids is 1. The van der Waals surface area contributed by atoms with Gasteiger partial charge in [-0.25, -0.2) is 4.98 Å². The molecule has 2 aromatic carbocycles. The van der Waals surface area contributed by atoms with Crippen molar-refractivity contribution in [3.63, 3.8) is 0 Å². The second-order valence-corrected chi connectivity index (χ2v) is 12.1. The Morgan fingerprint density at radius 2 is 1.67 bits per heavy atom. The van der Waals surface area contributed by atoms with Gasteiger partial charge in [0.25, 0.3) is 0 Å². The van der Waals surface area contributed by atoms with Crippen LogP contribution in [0.5, 0.6) is 0 Å². The second kappa shape index (κ2) is 16.7. The maximum Gasteiger partial charge on any atom is 0.150 e. The lowest BCUT2D eigenvalue weighted by molar-refractivity contribution is 0.112. The number of pyridine rings is 1. The van der Waals surface area contributed by atoms with Crippen molar-refractivity contribution in [2.24, 2.45) is 0 Å².